The molecule has 0 amide bonds. The van der Waals surface area contributed by atoms with Crippen molar-refractivity contribution in [3.63, 3.8) is 0 Å². The Bertz CT molecular complexity index is 381. The van der Waals surface area contributed by atoms with Crippen LogP contribution in [0.15, 0.2) is 30.3 Å². The standard InChI is InChI=1S/C16H26N4/c1-2-4-16(5-3-1)20-14-12-19(13-15-20)11-10-18-8-6-17-7-9-18/h1-5,17H,6-15H2. The molecule has 2 fully saturated rings. The fourth-order valence-corrected chi connectivity index (χ4v) is 3.09. The lowest BCUT2D eigenvalue weighted by Gasteiger charge is -2.37. The molecule has 3 rings (SSSR count). The topological polar surface area (TPSA) is 21.8 Å². The van der Waals surface area contributed by atoms with E-state index in [-0.39, 0.29) is 0 Å². The van der Waals surface area contributed by atoms with Gasteiger partial charge in [0.05, 0.1) is 0 Å². The Hall–Kier alpha value is -1.10. The molecule has 2 aliphatic heterocycles. The second-order valence-corrected chi connectivity index (χ2v) is 5.76. The van der Waals surface area contributed by atoms with Crippen molar-refractivity contribution in [3.8, 4) is 0 Å². The van der Waals surface area contributed by atoms with Gasteiger partial charge in [-0.05, 0) is 12.1 Å². The van der Waals surface area contributed by atoms with Crippen LogP contribution < -0.4 is 10.2 Å². The van der Waals surface area contributed by atoms with Crippen LogP contribution in [0.2, 0.25) is 0 Å². The molecule has 110 valence electrons. The number of para-hydroxylation sites is 1. The van der Waals surface area contributed by atoms with Gasteiger partial charge in [0, 0.05) is 71.1 Å². The van der Waals surface area contributed by atoms with Gasteiger partial charge in [-0.3, -0.25) is 9.80 Å². The summed E-state index contributed by atoms with van der Waals surface area (Å²) in [6.07, 6.45) is 0. The van der Waals surface area contributed by atoms with Gasteiger partial charge in [-0.1, -0.05) is 18.2 Å². The molecule has 1 aromatic rings. The van der Waals surface area contributed by atoms with Gasteiger partial charge in [0.2, 0.25) is 0 Å². The van der Waals surface area contributed by atoms with E-state index < -0.39 is 0 Å². The van der Waals surface area contributed by atoms with Gasteiger partial charge in [-0.15, -0.1) is 0 Å². The normalized spacial score (nSPS) is 22.1. The summed E-state index contributed by atoms with van der Waals surface area (Å²) in [5.41, 5.74) is 1.37. The zero-order valence-corrected chi connectivity index (χ0v) is 12.3. The summed E-state index contributed by atoms with van der Waals surface area (Å²) < 4.78 is 0. The van der Waals surface area contributed by atoms with Crippen LogP contribution in [0.5, 0.6) is 0 Å². The van der Waals surface area contributed by atoms with Crippen LogP contribution >= 0.6 is 0 Å². The second kappa shape index (κ2) is 7.07. The van der Waals surface area contributed by atoms with Gasteiger partial charge in [0.15, 0.2) is 0 Å². The Labute approximate surface area is 122 Å². The molecule has 0 aromatic heterocycles. The van der Waals surface area contributed by atoms with Crippen molar-refractivity contribution >= 4 is 5.69 Å². The van der Waals surface area contributed by atoms with Crippen LogP contribution in [-0.2, 0) is 0 Å². The minimum Gasteiger partial charge on any atom is -0.369 e. The van der Waals surface area contributed by atoms with Crippen molar-refractivity contribution in [1.82, 2.24) is 15.1 Å². The average Bonchev–Trinajstić information content (AvgIpc) is 2.55. The van der Waals surface area contributed by atoms with Crippen LogP contribution in [0.25, 0.3) is 0 Å². The molecule has 20 heavy (non-hydrogen) atoms. The molecule has 0 aliphatic carbocycles. The van der Waals surface area contributed by atoms with E-state index in [1.807, 2.05) is 0 Å². The average molecular weight is 274 g/mol. The molecule has 0 bridgehead atoms. The Balaban J connectivity index is 1.40. The lowest BCUT2D eigenvalue weighted by molar-refractivity contribution is 0.183. The number of nitrogens with one attached hydrogen (secondary N) is 1. The number of hydrogen-bond acceptors (Lipinski definition) is 4. The first kappa shape index (κ1) is 13.9. The van der Waals surface area contributed by atoms with Crippen LogP contribution in [0, 0.1) is 0 Å². The largest absolute Gasteiger partial charge is 0.369 e. The Morgan fingerprint density at radius 3 is 2.00 bits per heavy atom. The molecule has 2 heterocycles. The van der Waals surface area contributed by atoms with Crippen molar-refractivity contribution in [2.24, 2.45) is 0 Å². The highest BCUT2D eigenvalue weighted by Crippen LogP contribution is 2.15. The smallest absolute Gasteiger partial charge is 0.0367 e. The van der Waals surface area contributed by atoms with Crippen LogP contribution in [-0.4, -0.2) is 75.2 Å². The molecule has 4 nitrogen and oxygen atoms in total. The SMILES string of the molecule is c1ccc(N2CCN(CCN3CCNCC3)CC2)cc1. The first-order valence-electron chi connectivity index (χ1n) is 7.87. The van der Waals surface area contributed by atoms with Gasteiger partial charge in [-0.2, -0.15) is 0 Å². The molecule has 0 saturated carbocycles. The summed E-state index contributed by atoms with van der Waals surface area (Å²) in [6.45, 7) is 11.9. The van der Waals surface area contributed by atoms with E-state index >= 15 is 0 Å². The maximum atomic E-state index is 3.41. The van der Waals surface area contributed by atoms with E-state index in [2.05, 4.69) is 50.3 Å². The Kier molecular flexibility index (Phi) is 4.90. The lowest BCUT2D eigenvalue weighted by Crippen LogP contribution is -2.50. The van der Waals surface area contributed by atoms with Gasteiger partial charge in [0.25, 0.3) is 0 Å². The maximum Gasteiger partial charge on any atom is 0.0367 e. The first-order valence-corrected chi connectivity index (χ1v) is 7.87. The third-order valence-electron chi connectivity index (χ3n) is 4.44. The fourth-order valence-electron chi connectivity index (χ4n) is 3.09. The highest BCUT2D eigenvalue weighted by atomic mass is 15.3. The third-order valence-corrected chi connectivity index (χ3v) is 4.44. The number of nitrogens with zero attached hydrogens (tertiary/aromatic N) is 3. The van der Waals surface area contributed by atoms with Gasteiger partial charge >= 0.3 is 0 Å². The van der Waals surface area contributed by atoms with Crippen molar-refractivity contribution in [2.75, 3.05) is 70.3 Å². The summed E-state index contributed by atoms with van der Waals surface area (Å²) in [6, 6.07) is 10.8. The number of piperazine rings is 2. The molecule has 1 aromatic carbocycles. The third kappa shape index (κ3) is 3.72. The quantitative estimate of drug-likeness (QED) is 0.873. The van der Waals surface area contributed by atoms with Crippen molar-refractivity contribution < 1.29 is 0 Å². The van der Waals surface area contributed by atoms with E-state index in [0.717, 1.165) is 26.2 Å². The molecule has 0 radical (unpaired) electrons. The first-order chi connectivity index (χ1) is 9.92. The number of anilines is 1. The summed E-state index contributed by atoms with van der Waals surface area (Å²) in [5.74, 6) is 0. The predicted molar refractivity (Wildman–Crippen MR) is 84.4 cm³/mol. The van der Waals surface area contributed by atoms with E-state index in [1.54, 1.807) is 0 Å². The highest BCUT2D eigenvalue weighted by Gasteiger charge is 2.18. The molecular weight excluding hydrogens is 248 g/mol. The fraction of sp³-hybridized carbons (Fsp3) is 0.625. The van der Waals surface area contributed by atoms with Crippen molar-refractivity contribution in [3.05, 3.63) is 30.3 Å². The Morgan fingerprint density at radius 2 is 1.35 bits per heavy atom. The van der Waals surface area contributed by atoms with Crippen LogP contribution in [0.1, 0.15) is 0 Å². The number of rotatable bonds is 4. The highest BCUT2D eigenvalue weighted by molar-refractivity contribution is 5.46. The van der Waals surface area contributed by atoms with Crippen LogP contribution in [0.3, 0.4) is 0 Å². The monoisotopic (exact) mass is 274 g/mol. The predicted octanol–water partition coefficient (Wildman–Crippen LogP) is 0.714. The molecule has 2 saturated heterocycles. The molecule has 0 atom stereocenters. The second-order valence-electron chi connectivity index (χ2n) is 5.76. The van der Waals surface area contributed by atoms with Crippen molar-refractivity contribution in [2.45, 2.75) is 0 Å². The number of benzene rings is 1. The molecule has 1 N–H and O–H groups in total. The lowest BCUT2D eigenvalue weighted by atomic mass is 10.2. The van der Waals surface area contributed by atoms with Gasteiger partial charge < -0.3 is 10.2 Å². The molecule has 2 aliphatic rings. The van der Waals surface area contributed by atoms with E-state index in [0.29, 0.717) is 0 Å². The van der Waals surface area contributed by atoms with E-state index in [1.165, 1.54) is 45.0 Å². The Morgan fingerprint density at radius 1 is 0.750 bits per heavy atom. The van der Waals surface area contributed by atoms with Gasteiger partial charge in [0.1, 0.15) is 0 Å². The summed E-state index contributed by atoms with van der Waals surface area (Å²) in [5, 5.41) is 3.41. The molecular formula is C16H26N4. The van der Waals surface area contributed by atoms with E-state index in [4.69, 9.17) is 0 Å². The summed E-state index contributed by atoms with van der Waals surface area (Å²) in [7, 11) is 0. The summed E-state index contributed by atoms with van der Waals surface area (Å²) >= 11 is 0. The van der Waals surface area contributed by atoms with Crippen molar-refractivity contribution in [1.29, 1.82) is 0 Å². The van der Waals surface area contributed by atoms with Gasteiger partial charge in [-0.25, -0.2) is 0 Å². The molecule has 0 spiro atoms. The molecule has 4 heteroatoms. The minimum atomic E-state index is 1.15. The number of hydrogen-bond donors (Lipinski definition) is 1. The molecule has 0 unspecified atom stereocenters. The summed E-state index contributed by atoms with van der Waals surface area (Å²) in [4.78, 5) is 7.70. The minimum absolute atomic E-state index is 1.15. The van der Waals surface area contributed by atoms with Crippen LogP contribution in [0.4, 0.5) is 5.69 Å². The zero-order chi connectivity index (χ0) is 13.6. The van der Waals surface area contributed by atoms with E-state index in [9.17, 15) is 0 Å². The zero-order valence-electron chi connectivity index (χ0n) is 12.3. The maximum absolute atomic E-state index is 3.41.